The largest absolute Gasteiger partial charge is 0.330 e. The highest BCUT2D eigenvalue weighted by atomic mass is 16.1. The van der Waals surface area contributed by atoms with Crippen LogP contribution in [0.4, 0.5) is 0 Å². The second kappa shape index (κ2) is 4.11. The van der Waals surface area contributed by atoms with Gasteiger partial charge in [-0.3, -0.25) is 9.89 Å². The van der Waals surface area contributed by atoms with Gasteiger partial charge in [-0.2, -0.15) is 4.68 Å². The van der Waals surface area contributed by atoms with Crippen molar-refractivity contribution < 1.29 is 0 Å². The zero-order valence-corrected chi connectivity index (χ0v) is 9.58. The summed E-state index contributed by atoms with van der Waals surface area (Å²) in [6, 6.07) is 3.55. The Morgan fingerprint density at radius 2 is 2.28 bits per heavy atom. The van der Waals surface area contributed by atoms with E-state index in [1.807, 2.05) is 0 Å². The molecule has 0 fully saturated rings. The van der Waals surface area contributed by atoms with Gasteiger partial charge in [0.25, 0.3) is 5.56 Å². The highest BCUT2D eigenvalue weighted by Gasteiger charge is 2.08. The normalized spacial score (nSPS) is 11.2. The van der Waals surface area contributed by atoms with E-state index in [-0.39, 0.29) is 5.56 Å². The molecule has 3 N–H and O–H groups in total. The Hall–Kier alpha value is -2.41. The number of nitrogens with two attached hydrogens (primary N) is 1. The first-order valence-corrected chi connectivity index (χ1v) is 5.60. The van der Waals surface area contributed by atoms with Gasteiger partial charge in [0.2, 0.25) is 0 Å². The number of hydrogen-bond donors (Lipinski definition) is 2. The molecule has 0 aliphatic carbocycles. The average molecular weight is 244 g/mol. The standard InChI is InChI=1S/C11H12N6O/c12-4-3-8-7-14-17(11(8)18)10-2-1-9-13-5-6-16(9)15-10/h1-2,5-7,14H,3-4,12H2. The zero-order valence-electron chi connectivity index (χ0n) is 9.58. The maximum absolute atomic E-state index is 12.0. The third kappa shape index (κ3) is 1.61. The molecule has 7 heteroatoms. The van der Waals surface area contributed by atoms with Crippen molar-refractivity contribution in [2.75, 3.05) is 6.54 Å². The van der Waals surface area contributed by atoms with Gasteiger partial charge in [-0.25, -0.2) is 9.50 Å². The predicted octanol–water partition coefficient (Wildman–Crippen LogP) is -0.291. The van der Waals surface area contributed by atoms with Gasteiger partial charge in [0.1, 0.15) is 0 Å². The Bertz CT molecular complexity index is 737. The SMILES string of the molecule is NCCc1c[nH]n(-c2ccc3nccn3n2)c1=O. The van der Waals surface area contributed by atoms with Crippen molar-refractivity contribution in [3.63, 3.8) is 0 Å². The minimum atomic E-state index is -0.118. The van der Waals surface area contributed by atoms with Crippen LogP contribution in [0.2, 0.25) is 0 Å². The van der Waals surface area contributed by atoms with Crippen molar-refractivity contribution in [2.24, 2.45) is 5.73 Å². The lowest BCUT2D eigenvalue weighted by atomic mass is 10.2. The Balaban J connectivity index is 2.11. The van der Waals surface area contributed by atoms with Crippen LogP contribution < -0.4 is 11.3 Å². The molecule has 7 nitrogen and oxygen atoms in total. The molecule has 0 saturated carbocycles. The smallest absolute Gasteiger partial charge is 0.275 e. The summed E-state index contributed by atoms with van der Waals surface area (Å²) < 4.78 is 3.01. The second-order valence-electron chi connectivity index (χ2n) is 3.90. The van der Waals surface area contributed by atoms with Crippen molar-refractivity contribution in [1.29, 1.82) is 0 Å². The summed E-state index contributed by atoms with van der Waals surface area (Å²) >= 11 is 0. The number of hydrogen-bond acceptors (Lipinski definition) is 4. The van der Waals surface area contributed by atoms with Gasteiger partial charge in [0.05, 0.1) is 0 Å². The van der Waals surface area contributed by atoms with Crippen LogP contribution in [0.15, 0.2) is 35.5 Å². The third-order valence-corrected chi connectivity index (χ3v) is 2.73. The van der Waals surface area contributed by atoms with E-state index >= 15 is 0 Å². The van der Waals surface area contributed by atoms with Crippen molar-refractivity contribution in [1.82, 2.24) is 24.4 Å². The summed E-state index contributed by atoms with van der Waals surface area (Å²) in [5.74, 6) is 0.522. The molecule has 0 bridgehead atoms. The predicted molar refractivity (Wildman–Crippen MR) is 65.7 cm³/mol. The summed E-state index contributed by atoms with van der Waals surface area (Å²) in [5.41, 5.74) is 6.72. The van der Waals surface area contributed by atoms with Gasteiger partial charge in [-0.1, -0.05) is 0 Å². The first-order chi connectivity index (χ1) is 8.79. The molecule has 0 amide bonds. The van der Waals surface area contributed by atoms with Crippen LogP contribution >= 0.6 is 0 Å². The Morgan fingerprint density at radius 3 is 3.11 bits per heavy atom. The summed E-state index contributed by atoms with van der Waals surface area (Å²) in [4.78, 5) is 16.1. The van der Waals surface area contributed by atoms with Crippen LogP contribution in [0.25, 0.3) is 11.5 Å². The molecule has 0 saturated heterocycles. The fraction of sp³-hybridized carbons (Fsp3) is 0.182. The summed E-state index contributed by atoms with van der Waals surface area (Å²) in [7, 11) is 0. The van der Waals surface area contributed by atoms with E-state index in [0.717, 1.165) is 5.65 Å². The van der Waals surface area contributed by atoms with E-state index in [9.17, 15) is 4.79 Å². The number of nitrogens with zero attached hydrogens (tertiary/aromatic N) is 4. The fourth-order valence-corrected chi connectivity index (χ4v) is 1.84. The molecule has 3 heterocycles. The minimum Gasteiger partial charge on any atom is -0.330 e. The quantitative estimate of drug-likeness (QED) is 0.662. The zero-order chi connectivity index (χ0) is 12.5. The van der Waals surface area contributed by atoms with Gasteiger partial charge >= 0.3 is 0 Å². The van der Waals surface area contributed by atoms with Crippen molar-refractivity contribution >= 4 is 5.65 Å². The topological polar surface area (TPSA) is 94.0 Å². The van der Waals surface area contributed by atoms with Gasteiger partial charge in [0.15, 0.2) is 11.5 Å². The summed E-state index contributed by atoms with van der Waals surface area (Å²) in [5, 5.41) is 7.18. The molecule has 92 valence electrons. The van der Waals surface area contributed by atoms with Crippen molar-refractivity contribution in [2.45, 2.75) is 6.42 Å². The first-order valence-electron chi connectivity index (χ1n) is 5.60. The molecule has 0 spiro atoms. The van der Waals surface area contributed by atoms with Crippen LogP contribution in [0, 0.1) is 0 Å². The molecular weight excluding hydrogens is 232 g/mol. The lowest BCUT2D eigenvalue weighted by molar-refractivity contribution is 0.771. The second-order valence-corrected chi connectivity index (χ2v) is 3.90. The van der Waals surface area contributed by atoms with Crippen LogP contribution in [-0.2, 0) is 6.42 Å². The highest BCUT2D eigenvalue weighted by Crippen LogP contribution is 2.03. The minimum absolute atomic E-state index is 0.118. The summed E-state index contributed by atoms with van der Waals surface area (Å²) in [6.07, 6.45) is 5.60. The van der Waals surface area contributed by atoms with E-state index in [1.165, 1.54) is 4.68 Å². The lowest BCUT2D eigenvalue weighted by Gasteiger charge is -2.00. The van der Waals surface area contributed by atoms with E-state index in [2.05, 4.69) is 15.2 Å². The highest BCUT2D eigenvalue weighted by molar-refractivity contribution is 5.39. The summed E-state index contributed by atoms with van der Waals surface area (Å²) in [6.45, 7) is 0.446. The number of fused-ring (bicyclic) bond motifs is 1. The van der Waals surface area contributed by atoms with Crippen molar-refractivity contribution in [3.8, 4) is 5.82 Å². The molecule has 3 aromatic heterocycles. The number of rotatable bonds is 3. The number of H-pyrrole nitrogens is 1. The number of imidazole rings is 1. The number of aromatic nitrogens is 5. The van der Waals surface area contributed by atoms with Crippen LogP contribution in [0.3, 0.4) is 0 Å². The monoisotopic (exact) mass is 244 g/mol. The molecule has 18 heavy (non-hydrogen) atoms. The molecule has 0 radical (unpaired) electrons. The molecule has 0 atom stereocenters. The van der Waals surface area contributed by atoms with E-state index in [4.69, 9.17) is 5.73 Å². The molecule has 0 aromatic carbocycles. The molecular formula is C11H12N6O. The maximum Gasteiger partial charge on any atom is 0.275 e. The van der Waals surface area contributed by atoms with Gasteiger partial charge in [0, 0.05) is 24.2 Å². The average Bonchev–Trinajstić information content (AvgIpc) is 2.97. The molecule has 3 aromatic rings. The van der Waals surface area contributed by atoms with Crippen LogP contribution in [-0.4, -0.2) is 30.9 Å². The molecule has 0 unspecified atom stereocenters. The van der Waals surface area contributed by atoms with E-state index in [1.54, 1.807) is 35.2 Å². The van der Waals surface area contributed by atoms with Gasteiger partial charge in [-0.15, -0.1) is 5.10 Å². The lowest BCUT2D eigenvalue weighted by Crippen LogP contribution is -2.20. The Labute approximate surface area is 102 Å². The van der Waals surface area contributed by atoms with Crippen LogP contribution in [0.5, 0.6) is 0 Å². The maximum atomic E-state index is 12.0. The first kappa shape index (κ1) is 10.7. The fourth-order valence-electron chi connectivity index (χ4n) is 1.84. The van der Waals surface area contributed by atoms with E-state index < -0.39 is 0 Å². The Kier molecular flexibility index (Phi) is 2.45. The van der Waals surface area contributed by atoms with Gasteiger partial charge in [-0.05, 0) is 25.1 Å². The van der Waals surface area contributed by atoms with Gasteiger partial charge < -0.3 is 5.73 Å². The molecule has 0 aliphatic heterocycles. The molecule has 0 aliphatic rings. The van der Waals surface area contributed by atoms with Crippen molar-refractivity contribution in [3.05, 3.63) is 46.6 Å². The van der Waals surface area contributed by atoms with E-state index in [0.29, 0.717) is 24.3 Å². The number of nitrogens with one attached hydrogen (secondary N) is 1. The Morgan fingerprint density at radius 1 is 1.39 bits per heavy atom. The van der Waals surface area contributed by atoms with Crippen LogP contribution in [0.1, 0.15) is 5.56 Å². The number of aromatic amines is 1. The molecule has 3 rings (SSSR count). The third-order valence-electron chi connectivity index (χ3n) is 2.73.